The molecule has 0 aromatic heterocycles. The van der Waals surface area contributed by atoms with Crippen molar-refractivity contribution in [3.63, 3.8) is 0 Å². The lowest BCUT2D eigenvalue weighted by Crippen LogP contribution is -1.98. The summed E-state index contributed by atoms with van der Waals surface area (Å²) in [5.41, 5.74) is 0.956. The molecule has 1 nitrogen and oxygen atoms in total. The molecule has 0 amide bonds. The fourth-order valence-electron chi connectivity index (χ4n) is 0.793. The zero-order valence-corrected chi connectivity index (χ0v) is 8.37. The third-order valence-electron chi connectivity index (χ3n) is 1.31. The van der Waals surface area contributed by atoms with Crippen molar-refractivity contribution in [3.8, 4) is 5.75 Å². The predicted molar refractivity (Wildman–Crippen MR) is 55.3 cm³/mol. The van der Waals surface area contributed by atoms with Crippen molar-refractivity contribution >= 4 is 22.6 Å². The minimum Gasteiger partial charge on any atom is -0.493 e. The molecule has 0 saturated carbocycles. The van der Waals surface area contributed by atoms with Crippen LogP contribution in [0.5, 0.6) is 5.75 Å². The van der Waals surface area contributed by atoms with Crippen molar-refractivity contribution in [3.05, 3.63) is 36.8 Å². The smallest absolute Gasteiger partial charge is 0.122 e. The average Bonchev–Trinajstić information content (AvgIpc) is 2.03. The van der Waals surface area contributed by atoms with Gasteiger partial charge in [0.15, 0.2) is 0 Å². The highest BCUT2D eigenvalue weighted by atomic mass is 127. The summed E-state index contributed by atoms with van der Waals surface area (Å²) in [6.45, 7) is 4.60. The molecular formula is C9H10IO. The summed E-state index contributed by atoms with van der Waals surface area (Å²) in [7, 11) is 0. The minimum atomic E-state index is 0.757. The Balaban J connectivity index is 2.62. The van der Waals surface area contributed by atoms with Crippen LogP contribution in [-0.2, 0) is 0 Å². The number of rotatable bonds is 3. The van der Waals surface area contributed by atoms with Gasteiger partial charge in [0.1, 0.15) is 5.75 Å². The van der Waals surface area contributed by atoms with Gasteiger partial charge < -0.3 is 4.74 Å². The van der Waals surface area contributed by atoms with Crippen molar-refractivity contribution < 1.29 is 4.74 Å². The van der Waals surface area contributed by atoms with Crippen LogP contribution in [0.2, 0.25) is 0 Å². The first-order valence-corrected chi connectivity index (χ1v) is 4.97. The van der Waals surface area contributed by atoms with Crippen molar-refractivity contribution in [2.75, 3.05) is 11.0 Å². The summed E-state index contributed by atoms with van der Waals surface area (Å²) in [6, 6.07) is 7.80. The third-order valence-corrected chi connectivity index (χ3v) is 1.75. The van der Waals surface area contributed by atoms with E-state index in [1.54, 1.807) is 0 Å². The topological polar surface area (TPSA) is 9.23 Å². The fraction of sp³-hybridized carbons (Fsp3) is 0.222. The largest absolute Gasteiger partial charge is 0.493 e. The van der Waals surface area contributed by atoms with Crippen LogP contribution >= 0.6 is 22.6 Å². The van der Waals surface area contributed by atoms with E-state index >= 15 is 0 Å². The molecule has 1 aromatic carbocycles. The van der Waals surface area contributed by atoms with E-state index in [2.05, 4.69) is 29.5 Å². The monoisotopic (exact) mass is 261 g/mol. The minimum absolute atomic E-state index is 0.757. The highest BCUT2D eigenvalue weighted by molar-refractivity contribution is 14.1. The molecule has 0 atom stereocenters. The molecule has 1 radical (unpaired) electrons. The lowest BCUT2D eigenvalue weighted by molar-refractivity contribution is 0.345. The van der Waals surface area contributed by atoms with E-state index in [4.69, 9.17) is 4.74 Å². The highest BCUT2D eigenvalue weighted by Gasteiger charge is 1.94. The van der Waals surface area contributed by atoms with Gasteiger partial charge in [0.05, 0.1) is 6.61 Å². The second kappa shape index (κ2) is 4.59. The quantitative estimate of drug-likeness (QED) is 0.600. The van der Waals surface area contributed by atoms with E-state index in [-0.39, 0.29) is 0 Å². The van der Waals surface area contributed by atoms with Gasteiger partial charge in [-0.2, -0.15) is 0 Å². The molecular weight excluding hydrogens is 251 g/mol. The lowest BCUT2D eigenvalue weighted by Gasteiger charge is -2.05. The molecule has 0 unspecified atom stereocenters. The van der Waals surface area contributed by atoms with Gasteiger partial charge >= 0.3 is 0 Å². The highest BCUT2D eigenvalue weighted by Crippen LogP contribution is 2.15. The number of ether oxygens (including phenoxy) is 1. The molecule has 0 aliphatic carbocycles. The SMILES string of the molecule is [CH2]c1ccccc1OCCI. The van der Waals surface area contributed by atoms with Crippen LogP contribution in [0.15, 0.2) is 24.3 Å². The van der Waals surface area contributed by atoms with Gasteiger partial charge in [0.2, 0.25) is 0 Å². The van der Waals surface area contributed by atoms with E-state index in [9.17, 15) is 0 Å². The second-order valence-corrected chi connectivity index (χ2v) is 3.22. The number of benzene rings is 1. The number of halogens is 1. The van der Waals surface area contributed by atoms with Crippen LogP contribution in [0.25, 0.3) is 0 Å². The second-order valence-electron chi connectivity index (χ2n) is 2.15. The van der Waals surface area contributed by atoms with E-state index in [0.717, 1.165) is 22.3 Å². The molecule has 0 heterocycles. The molecule has 1 rings (SSSR count). The number of hydrogen-bond acceptors (Lipinski definition) is 1. The van der Waals surface area contributed by atoms with Crippen molar-refractivity contribution in [2.45, 2.75) is 0 Å². The first-order chi connectivity index (χ1) is 5.34. The third kappa shape index (κ3) is 2.69. The van der Waals surface area contributed by atoms with Crippen molar-refractivity contribution in [1.29, 1.82) is 0 Å². The zero-order chi connectivity index (χ0) is 8.10. The molecule has 0 aliphatic rings. The Kier molecular flexibility index (Phi) is 3.69. The molecule has 59 valence electrons. The number of para-hydroxylation sites is 1. The lowest BCUT2D eigenvalue weighted by atomic mass is 10.2. The van der Waals surface area contributed by atoms with Gasteiger partial charge in [0, 0.05) is 4.43 Å². The Morgan fingerprint density at radius 1 is 1.36 bits per heavy atom. The standard InChI is InChI=1S/C9H10IO/c1-8-4-2-3-5-9(8)11-7-6-10/h2-5H,1,6-7H2. The Morgan fingerprint density at radius 2 is 2.09 bits per heavy atom. The van der Waals surface area contributed by atoms with Gasteiger partial charge in [-0.25, -0.2) is 0 Å². The van der Waals surface area contributed by atoms with E-state index in [1.165, 1.54) is 0 Å². The van der Waals surface area contributed by atoms with Crippen molar-refractivity contribution in [1.82, 2.24) is 0 Å². The molecule has 1 aromatic rings. The molecule has 0 N–H and O–H groups in total. The van der Waals surface area contributed by atoms with E-state index in [1.807, 2.05) is 24.3 Å². The molecule has 0 bridgehead atoms. The fourth-order valence-corrected chi connectivity index (χ4v) is 1.01. The number of hydrogen-bond donors (Lipinski definition) is 0. The summed E-state index contributed by atoms with van der Waals surface area (Å²) < 4.78 is 6.42. The molecule has 0 saturated heterocycles. The first kappa shape index (κ1) is 8.84. The molecule has 2 heteroatoms. The Hall–Kier alpha value is -0.250. The predicted octanol–water partition coefficient (Wildman–Crippen LogP) is 2.68. The van der Waals surface area contributed by atoms with Gasteiger partial charge in [-0.3, -0.25) is 0 Å². The van der Waals surface area contributed by atoms with Crippen LogP contribution in [0.4, 0.5) is 0 Å². The Morgan fingerprint density at radius 3 is 2.73 bits per heavy atom. The maximum atomic E-state index is 5.42. The maximum absolute atomic E-state index is 5.42. The Labute approximate surface area is 80.9 Å². The van der Waals surface area contributed by atoms with E-state index in [0.29, 0.717) is 0 Å². The van der Waals surface area contributed by atoms with Crippen LogP contribution in [0.1, 0.15) is 5.56 Å². The van der Waals surface area contributed by atoms with Gasteiger partial charge in [0.25, 0.3) is 0 Å². The average molecular weight is 261 g/mol. The Bertz CT molecular complexity index is 223. The zero-order valence-electron chi connectivity index (χ0n) is 6.22. The van der Waals surface area contributed by atoms with Gasteiger partial charge in [-0.05, 0) is 18.6 Å². The molecule has 0 spiro atoms. The summed E-state index contributed by atoms with van der Waals surface area (Å²) in [5.74, 6) is 0.893. The molecule has 11 heavy (non-hydrogen) atoms. The van der Waals surface area contributed by atoms with Crippen molar-refractivity contribution in [2.24, 2.45) is 0 Å². The van der Waals surface area contributed by atoms with Crippen LogP contribution in [0.3, 0.4) is 0 Å². The van der Waals surface area contributed by atoms with E-state index < -0.39 is 0 Å². The van der Waals surface area contributed by atoms with Crippen LogP contribution in [-0.4, -0.2) is 11.0 Å². The molecule has 0 aliphatic heterocycles. The molecule has 0 fully saturated rings. The maximum Gasteiger partial charge on any atom is 0.122 e. The summed E-state index contributed by atoms with van der Waals surface area (Å²) in [5, 5.41) is 0. The van der Waals surface area contributed by atoms with Crippen LogP contribution in [0, 0.1) is 6.92 Å². The first-order valence-electron chi connectivity index (χ1n) is 3.44. The van der Waals surface area contributed by atoms with Gasteiger partial charge in [-0.1, -0.05) is 40.8 Å². The summed E-state index contributed by atoms with van der Waals surface area (Å²) in [4.78, 5) is 0. The van der Waals surface area contributed by atoms with Gasteiger partial charge in [-0.15, -0.1) is 0 Å². The summed E-state index contributed by atoms with van der Waals surface area (Å²) in [6.07, 6.45) is 0. The van der Waals surface area contributed by atoms with Crippen LogP contribution < -0.4 is 4.74 Å². The summed E-state index contributed by atoms with van der Waals surface area (Å²) >= 11 is 2.28. The normalized spacial score (nSPS) is 9.64. The number of alkyl halides is 1.